The highest BCUT2D eigenvalue weighted by atomic mass is 16.5. The lowest BCUT2D eigenvalue weighted by Gasteiger charge is -2.22. The number of rotatable bonds is 4. The number of pyridine rings is 1. The fraction of sp³-hybridized carbons (Fsp3) is 0.353. The summed E-state index contributed by atoms with van der Waals surface area (Å²) in [6, 6.07) is 10.1. The summed E-state index contributed by atoms with van der Waals surface area (Å²) in [5, 5.41) is 10.0. The molecule has 0 spiro atoms. The van der Waals surface area contributed by atoms with Crippen molar-refractivity contribution in [3.05, 3.63) is 59.4 Å². The van der Waals surface area contributed by atoms with Crippen molar-refractivity contribution >= 4 is 0 Å². The Labute approximate surface area is 119 Å². The molecule has 1 aliphatic rings. The third-order valence-electron chi connectivity index (χ3n) is 3.81. The van der Waals surface area contributed by atoms with Gasteiger partial charge in [0.25, 0.3) is 0 Å². The molecule has 1 atom stereocenters. The van der Waals surface area contributed by atoms with Gasteiger partial charge in [-0.2, -0.15) is 0 Å². The molecule has 1 heterocycles. The summed E-state index contributed by atoms with van der Waals surface area (Å²) in [7, 11) is 0. The largest absolute Gasteiger partial charge is 0.493 e. The van der Waals surface area contributed by atoms with E-state index >= 15 is 0 Å². The van der Waals surface area contributed by atoms with E-state index in [1.54, 1.807) is 12.4 Å². The lowest BCUT2D eigenvalue weighted by Crippen LogP contribution is -2.10. The first-order valence-electron chi connectivity index (χ1n) is 7.15. The number of aryl methyl sites for hydroxylation is 1. The summed E-state index contributed by atoms with van der Waals surface area (Å²) >= 11 is 0. The summed E-state index contributed by atoms with van der Waals surface area (Å²) in [6.07, 6.45) is 7.10. The molecule has 104 valence electrons. The molecule has 20 heavy (non-hydrogen) atoms. The topological polar surface area (TPSA) is 42.4 Å². The Hall–Kier alpha value is -1.87. The van der Waals surface area contributed by atoms with Crippen LogP contribution in [0.15, 0.2) is 42.7 Å². The molecule has 3 rings (SSSR count). The number of hydrogen-bond acceptors (Lipinski definition) is 3. The molecule has 0 radical (unpaired) electrons. The van der Waals surface area contributed by atoms with Gasteiger partial charge in [0.05, 0.1) is 12.7 Å². The molecule has 0 fully saturated rings. The van der Waals surface area contributed by atoms with E-state index in [0.29, 0.717) is 6.61 Å². The predicted molar refractivity (Wildman–Crippen MR) is 77.8 cm³/mol. The first-order chi connectivity index (χ1) is 9.83. The summed E-state index contributed by atoms with van der Waals surface area (Å²) in [4.78, 5) is 4.00. The van der Waals surface area contributed by atoms with Crippen LogP contribution in [0.4, 0.5) is 0 Å². The lowest BCUT2D eigenvalue weighted by molar-refractivity contribution is 0.156. The number of fused-ring (bicyclic) bond motifs is 1. The van der Waals surface area contributed by atoms with E-state index < -0.39 is 0 Å². The fourth-order valence-electron chi connectivity index (χ4n) is 2.68. The Balaban J connectivity index is 1.62. The molecular formula is C17H19NO2. The van der Waals surface area contributed by atoms with Crippen molar-refractivity contribution in [2.24, 2.45) is 0 Å². The van der Waals surface area contributed by atoms with Crippen molar-refractivity contribution in [2.45, 2.75) is 31.8 Å². The summed E-state index contributed by atoms with van der Waals surface area (Å²) < 4.78 is 5.79. The fourth-order valence-corrected chi connectivity index (χ4v) is 2.68. The molecule has 1 aromatic carbocycles. The molecular weight excluding hydrogens is 250 g/mol. The van der Waals surface area contributed by atoms with E-state index in [0.717, 1.165) is 37.0 Å². The summed E-state index contributed by atoms with van der Waals surface area (Å²) in [6.45, 7) is 0.638. The first kappa shape index (κ1) is 13.1. The van der Waals surface area contributed by atoms with Crippen LogP contribution in [0.3, 0.4) is 0 Å². The van der Waals surface area contributed by atoms with Gasteiger partial charge in [-0.05, 0) is 60.2 Å². The Morgan fingerprint density at radius 2 is 2.05 bits per heavy atom. The van der Waals surface area contributed by atoms with Crippen molar-refractivity contribution in [1.82, 2.24) is 4.98 Å². The second-order valence-electron chi connectivity index (χ2n) is 5.22. The molecule has 1 aromatic heterocycles. The van der Waals surface area contributed by atoms with Gasteiger partial charge in [0.1, 0.15) is 5.75 Å². The van der Waals surface area contributed by atoms with Gasteiger partial charge in [0.2, 0.25) is 0 Å². The Bertz CT molecular complexity index is 568. The van der Waals surface area contributed by atoms with Crippen molar-refractivity contribution in [1.29, 1.82) is 0 Å². The van der Waals surface area contributed by atoms with E-state index in [4.69, 9.17) is 4.74 Å². The quantitative estimate of drug-likeness (QED) is 0.927. The van der Waals surface area contributed by atoms with E-state index in [1.165, 1.54) is 11.1 Å². The van der Waals surface area contributed by atoms with Crippen LogP contribution in [0.25, 0.3) is 0 Å². The maximum absolute atomic E-state index is 10.0. The van der Waals surface area contributed by atoms with Gasteiger partial charge < -0.3 is 9.84 Å². The number of hydrogen-bond donors (Lipinski definition) is 1. The van der Waals surface area contributed by atoms with Crippen LogP contribution in [0.2, 0.25) is 0 Å². The monoisotopic (exact) mass is 269 g/mol. The molecule has 3 nitrogen and oxygen atoms in total. The van der Waals surface area contributed by atoms with Crippen molar-refractivity contribution in [3.8, 4) is 5.75 Å². The summed E-state index contributed by atoms with van der Waals surface area (Å²) in [5.74, 6) is 0.846. The molecule has 0 saturated carbocycles. The van der Waals surface area contributed by atoms with Gasteiger partial charge in [-0.25, -0.2) is 0 Å². The zero-order valence-electron chi connectivity index (χ0n) is 11.5. The van der Waals surface area contributed by atoms with Gasteiger partial charge in [-0.15, -0.1) is 0 Å². The highest BCUT2D eigenvalue weighted by Crippen LogP contribution is 2.32. The van der Waals surface area contributed by atoms with Gasteiger partial charge >= 0.3 is 0 Å². The average molecular weight is 269 g/mol. The molecule has 0 saturated heterocycles. The second kappa shape index (κ2) is 6.06. The van der Waals surface area contributed by atoms with Gasteiger partial charge in [0, 0.05) is 18.8 Å². The zero-order valence-corrected chi connectivity index (χ0v) is 11.5. The number of aromatic nitrogens is 1. The minimum Gasteiger partial charge on any atom is -0.493 e. The number of aliphatic hydroxyl groups is 1. The Kier molecular flexibility index (Phi) is 3.97. The van der Waals surface area contributed by atoms with Crippen LogP contribution in [0, 0.1) is 0 Å². The Morgan fingerprint density at radius 1 is 1.20 bits per heavy atom. The number of aliphatic hydroxyl groups excluding tert-OH is 1. The van der Waals surface area contributed by atoms with Crippen molar-refractivity contribution in [3.63, 3.8) is 0 Å². The molecule has 2 aromatic rings. The first-order valence-corrected chi connectivity index (χ1v) is 7.15. The minimum atomic E-state index is -0.331. The standard InChI is InChI=1S/C17H19NO2/c19-17-3-1-2-14-4-5-15(12-16(14)17)20-11-8-13-6-9-18-10-7-13/h4-7,9-10,12,17,19H,1-3,8,11H2/t17-/m1/s1. The van der Waals surface area contributed by atoms with Crippen LogP contribution >= 0.6 is 0 Å². The van der Waals surface area contributed by atoms with Gasteiger partial charge in [0.15, 0.2) is 0 Å². The van der Waals surface area contributed by atoms with Crippen molar-refractivity contribution < 1.29 is 9.84 Å². The number of nitrogens with zero attached hydrogens (tertiary/aromatic N) is 1. The summed E-state index contributed by atoms with van der Waals surface area (Å²) in [5.41, 5.74) is 3.51. The average Bonchev–Trinajstić information content (AvgIpc) is 2.49. The van der Waals surface area contributed by atoms with Crippen LogP contribution in [0.1, 0.15) is 35.6 Å². The SMILES string of the molecule is O[C@@H]1CCCc2ccc(OCCc3ccncc3)cc21. The number of ether oxygens (including phenoxy) is 1. The molecule has 0 bridgehead atoms. The van der Waals surface area contributed by atoms with Crippen LogP contribution in [-0.4, -0.2) is 16.7 Å². The third kappa shape index (κ3) is 2.99. The minimum absolute atomic E-state index is 0.331. The second-order valence-corrected chi connectivity index (χ2v) is 5.22. The number of benzene rings is 1. The lowest BCUT2D eigenvalue weighted by atomic mass is 9.89. The smallest absolute Gasteiger partial charge is 0.119 e. The predicted octanol–water partition coefficient (Wildman–Crippen LogP) is 3.07. The van der Waals surface area contributed by atoms with Crippen LogP contribution in [-0.2, 0) is 12.8 Å². The maximum Gasteiger partial charge on any atom is 0.119 e. The Morgan fingerprint density at radius 3 is 2.90 bits per heavy atom. The molecule has 0 aliphatic heterocycles. The highest BCUT2D eigenvalue weighted by molar-refractivity contribution is 5.38. The maximum atomic E-state index is 10.0. The molecule has 3 heteroatoms. The van der Waals surface area contributed by atoms with E-state index in [-0.39, 0.29) is 6.10 Å². The van der Waals surface area contributed by atoms with Gasteiger partial charge in [-0.1, -0.05) is 6.07 Å². The molecule has 0 amide bonds. The highest BCUT2D eigenvalue weighted by Gasteiger charge is 2.18. The van der Waals surface area contributed by atoms with E-state index in [1.807, 2.05) is 24.3 Å². The molecule has 1 aliphatic carbocycles. The van der Waals surface area contributed by atoms with E-state index in [9.17, 15) is 5.11 Å². The zero-order chi connectivity index (χ0) is 13.8. The van der Waals surface area contributed by atoms with Crippen LogP contribution < -0.4 is 4.74 Å². The normalized spacial score (nSPS) is 17.6. The van der Waals surface area contributed by atoms with Gasteiger partial charge in [-0.3, -0.25) is 4.98 Å². The third-order valence-corrected chi connectivity index (χ3v) is 3.81. The molecule has 1 N–H and O–H groups in total. The van der Waals surface area contributed by atoms with Crippen molar-refractivity contribution in [2.75, 3.05) is 6.61 Å². The van der Waals surface area contributed by atoms with E-state index in [2.05, 4.69) is 11.1 Å². The molecule has 0 unspecified atom stereocenters. The van der Waals surface area contributed by atoms with Crippen LogP contribution in [0.5, 0.6) is 5.75 Å².